The van der Waals surface area contributed by atoms with E-state index in [1.54, 1.807) is 0 Å². The van der Waals surface area contributed by atoms with Crippen LogP contribution in [0.2, 0.25) is 0 Å². The molecular weight excluding hydrogens is 374 g/mol. The molecule has 68 valence electrons. The average Bonchev–Trinajstić information content (AvgIpc) is 2.05. The Morgan fingerprint density at radius 1 is 0.833 bits per heavy atom. The van der Waals surface area contributed by atoms with Gasteiger partial charge >= 0.3 is 0 Å². The molecule has 0 amide bonds. The highest BCUT2D eigenvalue weighted by Gasteiger charge is 2.45. The third-order valence-electron chi connectivity index (χ3n) is 3.64. The molecule has 0 spiro atoms. The molecule has 0 heterocycles. The van der Waals surface area contributed by atoms with Gasteiger partial charge in [-0.2, -0.15) is 0 Å². The van der Waals surface area contributed by atoms with Gasteiger partial charge in [-0.05, 0) is 23.7 Å². The van der Waals surface area contributed by atoms with Gasteiger partial charge in [-0.3, -0.25) is 0 Å². The maximum atomic E-state index is 2.64. The van der Waals surface area contributed by atoms with Crippen molar-refractivity contribution in [2.45, 2.75) is 21.7 Å². The summed E-state index contributed by atoms with van der Waals surface area (Å²) in [5, 5.41) is 0. The van der Waals surface area contributed by atoms with Crippen LogP contribution in [0.3, 0.4) is 0 Å². The number of hydrogen-bond donors (Lipinski definition) is 0. The second-order valence-electron chi connectivity index (χ2n) is 4.15. The Morgan fingerprint density at radius 3 is 1.50 bits per heavy atom. The largest absolute Gasteiger partial charge is 0.0837 e. The molecular formula is C10H14I2. The van der Waals surface area contributed by atoms with Gasteiger partial charge in [0.25, 0.3) is 0 Å². The van der Waals surface area contributed by atoms with Crippen molar-refractivity contribution in [3.63, 3.8) is 0 Å². The van der Waals surface area contributed by atoms with E-state index >= 15 is 0 Å². The fourth-order valence-electron chi connectivity index (χ4n) is 2.53. The van der Waals surface area contributed by atoms with Crippen LogP contribution in [0.1, 0.15) is 13.8 Å². The summed E-state index contributed by atoms with van der Waals surface area (Å²) in [7, 11) is 0. The van der Waals surface area contributed by atoms with E-state index in [0.29, 0.717) is 0 Å². The SMILES string of the molecule is CC1C(C)C2C=CC1C(I)C2I. The third kappa shape index (κ3) is 1.28. The van der Waals surface area contributed by atoms with Crippen molar-refractivity contribution in [1.82, 2.24) is 0 Å². The standard InChI is InChI=1S/C10H14I2/c1-5-6(2)8-4-3-7(5)9(11)10(8)12/h3-10H,1-2H3. The highest BCUT2D eigenvalue weighted by Crippen LogP contribution is 2.50. The summed E-state index contributed by atoms with van der Waals surface area (Å²) in [6, 6.07) is 0. The van der Waals surface area contributed by atoms with Gasteiger partial charge in [-0.25, -0.2) is 0 Å². The number of rotatable bonds is 0. The van der Waals surface area contributed by atoms with E-state index < -0.39 is 0 Å². The van der Waals surface area contributed by atoms with Crippen molar-refractivity contribution in [1.29, 1.82) is 0 Å². The summed E-state index contributed by atoms with van der Waals surface area (Å²) in [5.74, 6) is 3.47. The molecule has 12 heavy (non-hydrogen) atoms. The van der Waals surface area contributed by atoms with Crippen LogP contribution in [0.15, 0.2) is 12.2 Å². The molecule has 0 aromatic rings. The minimum atomic E-state index is 0.840. The van der Waals surface area contributed by atoms with Crippen molar-refractivity contribution >= 4 is 45.2 Å². The van der Waals surface area contributed by atoms with E-state index in [4.69, 9.17) is 0 Å². The Hall–Kier alpha value is 1.20. The van der Waals surface area contributed by atoms with Crippen molar-refractivity contribution in [3.05, 3.63) is 12.2 Å². The van der Waals surface area contributed by atoms with Gasteiger partial charge in [0.15, 0.2) is 0 Å². The summed E-state index contributed by atoms with van der Waals surface area (Å²) >= 11 is 5.28. The normalized spacial score (nSPS) is 57.7. The molecule has 0 saturated heterocycles. The maximum absolute atomic E-state index is 2.64. The Kier molecular flexibility index (Phi) is 2.76. The van der Waals surface area contributed by atoms with Gasteiger partial charge in [0.05, 0.1) is 0 Å². The second kappa shape index (κ2) is 3.41. The van der Waals surface area contributed by atoms with E-state index in [0.717, 1.165) is 31.5 Å². The van der Waals surface area contributed by atoms with E-state index in [1.165, 1.54) is 0 Å². The topological polar surface area (TPSA) is 0 Å². The molecule has 2 bridgehead atoms. The van der Waals surface area contributed by atoms with Crippen molar-refractivity contribution in [2.24, 2.45) is 23.7 Å². The Bertz CT molecular complexity index is 174. The predicted octanol–water partition coefficient (Wildman–Crippen LogP) is 3.68. The summed E-state index contributed by atoms with van der Waals surface area (Å²) in [5.41, 5.74) is 0. The lowest BCUT2D eigenvalue weighted by Crippen LogP contribution is -2.47. The van der Waals surface area contributed by atoms with Gasteiger partial charge in [0, 0.05) is 7.85 Å². The first kappa shape index (κ1) is 9.74. The zero-order valence-electron chi connectivity index (χ0n) is 7.37. The molecule has 6 atom stereocenters. The zero-order valence-corrected chi connectivity index (χ0v) is 11.7. The fourth-order valence-corrected chi connectivity index (χ4v) is 5.27. The van der Waals surface area contributed by atoms with Crippen LogP contribution in [0.5, 0.6) is 0 Å². The first-order valence-electron chi connectivity index (χ1n) is 4.59. The van der Waals surface area contributed by atoms with Crippen molar-refractivity contribution in [2.75, 3.05) is 0 Å². The van der Waals surface area contributed by atoms with Crippen LogP contribution in [-0.4, -0.2) is 7.85 Å². The lowest BCUT2D eigenvalue weighted by atomic mass is 9.64. The quantitative estimate of drug-likeness (QED) is 0.338. The number of alkyl halides is 2. The number of hydrogen-bond acceptors (Lipinski definition) is 0. The Labute approximate surface area is 102 Å². The van der Waals surface area contributed by atoms with Crippen molar-refractivity contribution < 1.29 is 0 Å². The molecule has 2 heteroatoms. The monoisotopic (exact) mass is 388 g/mol. The highest BCUT2D eigenvalue weighted by molar-refractivity contribution is 14.1. The molecule has 0 aliphatic heterocycles. The Morgan fingerprint density at radius 2 is 1.17 bits per heavy atom. The summed E-state index contributed by atoms with van der Waals surface area (Å²) in [4.78, 5) is 0. The second-order valence-corrected chi connectivity index (χ2v) is 7.02. The predicted molar refractivity (Wildman–Crippen MR) is 70.1 cm³/mol. The smallest absolute Gasteiger partial charge is 0.0299 e. The minimum Gasteiger partial charge on any atom is -0.0837 e. The van der Waals surface area contributed by atoms with Gasteiger partial charge in [-0.1, -0.05) is 71.2 Å². The maximum Gasteiger partial charge on any atom is 0.0299 e. The average molecular weight is 388 g/mol. The summed E-state index contributed by atoms with van der Waals surface area (Å²) in [6.07, 6.45) is 4.92. The van der Waals surface area contributed by atoms with E-state index in [-0.39, 0.29) is 0 Å². The van der Waals surface area contributed by atoms with Gasteiger partial charge < -0.3 is 0 Å². The fraction of sp³-hybridized carbons (Fsp3) is 0.800. The van der Waals surface area contributed by atoms with Gasteiger partial charge in [-0.15, -0.1) is 0 Å². The third-order valence-corrected chi connectivity index (χ3v) is 8.23. The molecule has 3 aliphatic rings. The highest BCUT2D eigenvalue weighted by atomic mass is 127. The molecule has 6 unspecified atom stereocenters. The molecule has 3 aliphatic carbocycles. The van der Waals surface area contributed by atoms with Crippen LogP contribution in [0, 0.1) is 23.7 Å². The Balaban J connectivity index is 2.32. The summed E-state index contributed by atoms with van der Waals surface area (Å²) in [6.45, 7) is 4.83. The molecule has 0 nitrogen and oxygen atoms in total. The molecule has 0 radical (unpaired) electrons. The van der Waals surface area contributed by atoms with Crippen molar-refractivity contribution in [3.8, 4) is 0 Å². The number of halogens is 2. The lowest BCUT2D eigenvalue weighted by Gasteiger charge is -2.48. The number of fused-ring (bicyclic) bond motifs is 2. The molecule has 0 aromatic carbocycles. The zero-order chi connectivity index (χ0) is 8.88. The van der Waals surface area contributed by atoms with Gasteiger partial charge in [0.1, 0.15) is 0 Å². The minimum absolute atomic E-state index is 0.840. The molecule has 0 aromatic heterocycles. The molecule has 1 saturated carbocycles. The van der Waals surface area contributed by atoms with E-state index in [2.05, 4.69) is 71.2 Å². The number of allylic oxidation sites excluding steroid dienone is 2. The van der Waals surface area contributed by atoms with Crippen LogP contribution in [0.4, 0.5) is 0 Å². The first-order valence-corrected chi connectivity index (χ1v) is 7.08. The first-order chi connectivity index (χ1) is 5.63. The molecule has 3 rings (SSSR count). The van der Waals surface area contributed by atoms with E-state index in [1.807, 2.05) is 0 Å². The van der Waals surface area contributed by atoms with Crippen LogP contribution in [0.25, 0.3) is 0 Å². The van der Waals surface area contributed by atoms with Crippen LogP contribution in [-0.2, 0) is 0 Å². The molecule has 1 fully saturated rings. The lowest BCUT2D eigenvalue weighted by molar-refractivity contribution is 0.175. The molecule has 0 N–H and O–H groups in total. The van der Waals surface area contributed by atoms with E-state index in [9.17, 15) is 0 Å². The van der Waals surface area contributed by atoms with Gasteiger partial charge in [0.2, 0.25) is 0 Å². The summed E-state index contributed by atoms with van der Waals surface area (Å²) < 4.78 is 1.73. The van der Waals surface area contributed by atoms with Crippen LogP contribution >= 0.6 is 45.2 Å². The van der Waals surface area contributed by atoms with Crippen LogP contribution < -0.4 is 0 Å².